The molecule has 14 heavy (non-hydrogen) atoms. The lowest BCUT2D eigenvalue weighted by molar-refractivity contribution is -0.137. The van der Waals surface area contributed by atoms with Crippen molar-refractivity contribution in [2.75, 3.05) is 5.73 Å². The maximum Gasteiger partial charge on any atom is 0.325 e. The zero-order chi connectivity index (χ0) is 10.1. The second-order valence-electron chi connectivity index (χ2n) is 3.67. The molecule has 0 amide bonds. The lowest BCUT2D eigenvalue weighted by Gasteiger charge is -2.22. The van der Waals surface area contributed by atoms with E-state index < -0.39 is 5.97 Å². The third-order valence-electron chi connectivity index (χ3n) is 2.64. The predicted molar refractivity (Wildman–Crippen MR) is 50.9 cm³/mol. The van der Waals surface area contributed by atoms with Gasteiger partial charge in [-0.3, -0.25) is 4.79 Å². The highest BCUT2D eigenvalue weighted by molar-refractivity contribution is 5.67. The summed E-state index contributed by atoms with van der Waals surface area (Å²) in [6.45, 7) is -0.154. The van der Waals surface area contributed by atoms with E-state index in [-0.39, 0.29) is 6.54 Å². The van der Waals surface area contributed by atoms with E-state index in [0.29, 0.717) is 11.7 Å². The van der Waals surface area contributed by atoms with Gasteiger partial charge in [0.15, 0.2) is 0 Å². The first-order chi connectivity index (χ1) is 6.66. The van der Waals surface area contributed by atoms with Gasteiger partial charge in [0.2, 0.25) is 0 Å². The van der Waals surface area contributed by atoms with E-state index in [0.717, 1.165) is 18.5 Å². The van der Waals surface area contributed by atoms with Crippen LogP contribution in [-0.4, -0.2) is 20.9 Å². The molecule has 1 aliphatic carbocycles. The van der Waals surface area contributed by atoms with E-state index in [4.69, 9.17) is 10.8 Å². The number of aromatic nitrogens is 2. The first kappa shape index (κ1) is 9.05. The molecule has 1 aliphatic rings. The van der Waals surface area contributed by atoms with Crippen molar-refractivity contribution in [3.63, 3.8) is 0 Å². The Balaban J connectivity index is 2.16. The van der Waals surface area contributed by atoms with Crippen molar-refractivity contribution in [3.05, 3.63) is 11.8 Å². The van der Waals surface area contributed by atoms with Crippen LogP contribution in [0.5, 0.6) is 0 Å². The largest absolute Gasteiger partial charge is 0.480 e. The Morgan fingerprint density at radius 1 is 1.71 bits per heavy atom. The number of nitrogens with two attached hydrogens (primary N) is 1. The second-order valence-corrected chi connectivity index (χ2v) is 3.67. The molecule has 5 heteroatoms. The average molecular weight is 195 g/mol. The fraction of sp³-hybridized carbons (Fsp3) is 0.556. The third kappa shape index (κ3) is 1.57. The van der Waals surface area contributed by atoms with Gasteiger partial charge in [-0.25, -0.2) is 4.68 Å². The number of nitrogen functional groups attached to an aromatic ring is 1. The minimum absolute atomic E-state index is 0.154. The van der Waals surface area contributed by atoms with Gasteiger partial charge in [0, 0.05) is 12.0 Å². The monoisotopic (exact) mass is 195 g/mol. The average Bonchev–Trinajstić information content (AvgIpc) is 2.27. The van der Waals surface area contributed by atoms with Crippen molar-refractivity contribution >= 4 is 11.8 Å². The molecular formula is C9H13N3O2. The summed E-state index contributed by atoms with van der Waals surface area (Å²) in [6.07, 6.45) is 3.52. The van der Waals surface area contributed by atoms with Crippen LogP contribution in [0.1, 0.15) is 30.9 Å². The maximum absolute atomic E-state index is 10.5. The molecule has 5 nitrogen and oxygen atoms in total. The lowest BCUT2D eigenvalue weighted by atomic mass is 9.83. The van der Waals surface area contributed by atoms with Gasteiger partial charge in [0.25, 0.3) is 0 Å². The molecule has 2 rings (SSSR count). The normalized spacial score (nSPS) is 16.6. The van der Waals surface area contributed by atoms with E-state index in [1.54, 1.807) is 6.07 Å². The second kappa shape index (κ2) is 3.32. The molecule has 1 fully saturated rings. The molecule has 76 valence electrons. The van der Waals surface area contributed by atoms with Crippen LogP contribution in [0.15, 0.2) is 6.07 Å². The zero-order valence-electron chi connectivity index (χ0n) is 7.81. The highest BCUT2D eigenvalue weighted by atomic mass is 16.4. The van der Waals surface area contributed by atoms with Gasteiger partial charge in [-0.05, 0) is 12.8 Å². The first-order valence-electron chi connectivity index (χ1n) is 4.72. The summed E-state index contributed by atoms with van der Waals surface area (Å²) in [5.74, 6) is 0.0154. The van der Waals surface area contributed by atoms with Crippen LogP contribution in [0, 0.1) is 0 Å². The summed E-state index contributed by atoms with van der Waals surface area (Å²) < 4.78 is 1.34. The number of nitrogens with zero attached hydrogens (tertiary/aromatic N) is 2. The Morgan fingerprint density at radius 2 is 2.43 bits per heavy atom. The summed E-state index contributed by atoms with van der Waals surface area (Å²) in [4.78, 5) is 10.5. The van der Waals surface area contributed by atoms with Crippen molar-refractivity contribution < 1.29 is 9.90 Å². The Kier molecular flexibility index (Phi) is 2.15. The quantitative estimate of drug-likeness (QED) is 0.748. The molecule has 3 N–H and O–H groups in total. The number of hydrogen-bond acceptors (Lipinski definition) is 3. The summed E-state index contributed by atoms with van der Waals surface area (Å²) in [5.41, 5.74) is 6.58. The molecule has 0 aromatic carbocycles. The van der Waals surface area contributed by atoms with Crippen LogP contribution in [0.25, 0.3) is 0 Å². The van der Waals surface area contributed by atoms with E-state index >= 15 is 0 Å². The van der Waals surface area contributed by atoms with Crippen LogP contribution in [0.4, 0.5) is 5.82 Å². The molecule has 0 aliphatic heterocycles. The first-order valence-corrected chi connectivity index (χ1v) is 4.72. The van der Waals surface area contributed by atoms with Gasteiger partial charge in [-0.1, -0.05) is 6.42 Å². The van der Waals surface area contributed by atoms with Gasteiger partial charge < -0.3 is 10.8 Å². The number of aliphatic carboxylic acids is 1. The SMILES string of the molecule is Nc1cc(C2CCC2)nn1CC(=O)O. The van der Waals surface area contributed by atoms with Crippen molar-refractivity contribution in [1.29, 1.82) is 0 Å². The maximum atomic E-state index is 10.5. The molecule has 1 heterocycles. The van der Waals surface area contributed by atoms with Crippen LogP contribution < -0.4 is 5.73 Å². The van der Waals surface area contributed by atoms with Gasteiger partial charge in [-0.2, -0.15) is 5.10 Å². The number of hydrogen-bond donors (Lipinski definition) is 2. The molecular weight excluding hydrogens is 182 g/mol. The van der Waals surface area contributed by atoms with E-state index in [1.165, 1.54) is 11.1 Å². The number of carbonyl (C=O) groups is 1. The van der Waals surface area contributed by atoms with Crippen molar-refractivity contribution in [2.45, 2.75) is 31.7 Å². The Hall–Kier alpha value is -1.52. The summed E-state index contributed by atoms with van der Waals surface area (Å²) in [6, 6.07) is 1.78. The summed E-state index contributed by atoms with van der Waals surface area (Å²) in [5, 5.41) is 12.8. The Bertz CT molecular complexity index is 355. The fourth-order valence-corrected chi connectivity index (χ4v) is 1.61. The van der Waals surface area contributed by atoms with Gasteiger partial charge in [0.1, 0.15) is 12.4 Å². The fourth-order valence-electron chi connectivity index (χ4n) is 1.61. The van der Waals surface area contributed by atoms with Crippen molar-refractivity contribution in [3.8, 4) is 0 Å². The van der Waals surface area contributed by atoms with E-state index in [2.05, 4.69) is 5.10 Å². The lowest BCUT2D eigenvalue weighted by Crippen LogP contribution is -2.14. The number of anilines is 1. The smallest absolute Gasteiger partial charge is 0.325 e. The molecule has 1 saturated carbocycles. The molecule has 1 aromatic heterocycles. The zero-order valence-corrected chi connectivity index (χ0v) is 7.81. The summed E-state index contributed by atoms with van der Waals surface area (Å²) in [7, 11) is 0. The molecule has 1 aromatic rings. The number of rotatable bonds is 3. The molecule has 0 saturated heterocycles. The van der Waals surface area contributed by atoms with E-state index in [9.17, 15) is 4.79 Å². The Morgan fingerprint density at radius 3 is 2.93 bits per heavy atom. The van der Waals surface area contributed by atoms with E-state index in [1.807, 2.05) is 0 Å². The summed E-state index contributed by atoms with van der Waals surface area (Å²) >= 11 is 0. The van der Waals surface area contributed by atoms with Crippen LogP contribution in [0.3, 0.4) is 0 Å². The number of carboxylic acid groups (broad SMARTS) is 1. The molecule has 0 bridgehead atoms. The topological polar surface area (TPSA) is 81.1 Å². The van der Waals surface area contributed by atoms with Gasteiger partial charge in [0.05, 0.1) is 5.69 Å². The molecule has 0 atom stereocenters. The predicted octanol–water partition coefficient (Wildman–Crippen LogP) is 0.817. The minimum Gasteiger partial charge on any atom is -0.480 e. The Labute approximate surface area is 81.5 Å². The molecule has 0 spiro atoms. The van der Waals surface area contributed by atoms with Crippen LogP contribution >= 0.6 is 0 Å². The van der Waals surface area contributed by atoms with Crippen LogP contribution in [-0.2, 0) is 11.3 Å². The standard InChI is InChI=1S/C9H13N3O2/c10-8-4-7(6-2-1-3-6)11-12(8)5-9(13)14/h4,6H,1-3,5,10H2,(H,13,14). The molecule has 0 radical (unpaired) electrons. The highest BCUT2D eigenvalue weighted by Gasteiger charge is 2.23. The van der Waals surface area contributed by atoms with Gasteiger partial charge in [-0.15, -0.1) is 0 Å². The van der Waals surface area contributed by atoms with Crippen LogP contribution in [0.2, 0.25) is 0 Å². The third-order valence-corrected chi connectivity index (χ3v) is 2.64. The van der Waals surface area contributed by atoms with Crippen molar-refractivity contribution in [2.24, 2.45) is 0 Å². The highest BCUT2D eigenvalue weighted by Crippen LogP contribution is 2.35. The minimum atomic E-state index is -0.917. The van der Waals surface area contributed by atoms with Gasteiger partial charge >= 0.3 is 5.97 Å². The number of carboxylic acids is 1. The van der Waals surface area contributed by atoms with Crippen molar-refractivity contribution in [1.82, 2.24) is 9.78 Å². The molecule has 0 unspecified atom stereocenters.